The second-order valence-electron chi connectivity index (χ2n) is 7.74. The molecule has 176 valence electrons. The molecule has 2 aromatic rings. The maximum Gasteiger partial charge on any atom is 0.355 e. The van der Waals surface area contributed by atoms with Gasteiger partial charge in [-0.15, -0.1) is 11.8 Å². The van der Waals surface area contributed by atoms with Crippen LogP contribution in [0.1, 0.15) is 11.1 Å². The van der Waals surface area contributed by atoms with Crippen molar-refractivity contribution < 1.29 is 23.9 Å². The quantitative estimate of drug-likeness (QED) is 0.443. The fourth-order valence-corrected chi connectivity index (χ4v) is 5.43. The SMILES string of the molecule is C=CC1=C(C(=O)OCc2ccc(OC)c(Cl)c2)N2C(=O)[C@@H](NC(=O)Cc3ccccc3)[C@H]2SC1. The van der Waals surface area contributed by atoms with E-state index in [0.717, 1.165) is 5.56 Å². The highest BCUT2D eigenvalue weighted by Crippen LogP contribution is 2.41. The lowest BCUT2D eigenvalue weighted by Crippen LogP contribution is -2.70. The number of thioether (sulfide) groups is 1. The average molecular weight is 499 g/mol. The van der Waals surface area contributed by atoms with Crippen LogP contribution in [0.4, 0.5) is 0 Å². The van der Waals surface area contributed by atoms with E-state index in [1.165, 1.54) is 23.8 Å². The van der Waals surface area contributed by atoms with Gasteiger partial charge in [-0.2, -0.15) is 0 Å². The summed E-state index contributed by atoms with van der Waals surface area (Å²) >= 11 is 7.61. The predicted molar refractivity (Wildman–Crippen MR) is 130 cm³/mol. The summed E-state index contributed by atoms with van der Waals surface area (Å²) in [6.07, 6.45) is 1.73. The molecule has 2 aliphatic rings. The molecule has 0 saturated carbocycles. The summed E-state index contributed by atoms with van der Waals surface area (Å²) < 4.78 is 10.6. The maximum atomic E-state index is 13.0. The number of halogens is 1. The van der Waals surface area contributed by atoms with Crippen molar-refractivity contribution in [2.24, 2.45) is 0 Å². The molecule has 2 aromatic carbocycles. The van der Waals surface area contributed by atoms with Gasteiger partial charge >= 0.3 is 5.97 Å². The van der Waals surface area contributed by atoms with Crippen LogP contribution in [0.15, 0.2) is 72.5 Å². The number of esters is 1. The second-order valence-corrected chi connectivity index (χ2v) is 9.25. The predicted octanol–water partition coefficient (Wildman–Crippen LogP) is 3.47. The van der Waals surface area contributed by atoms with Gasteiger partial charge in [-0.05, 0) is 28.8 Å². The molecule has 2 heterocycles. The summed E-state index contributed by atoms with van der Waals surface area (Å²) in [7, 11) is 1.52. The first-order chi connectivity index (χ1) is 16.4. The molecule has 7 nitrogen and oxygen atoms in total. The van der Waals surface area contributed by atoms with Gasteiger partial charge in [0, 0.05) is 5.75 Å². The van der Waals surface area contributed by atoms with E-state index in [-0.39, 0.29) is 35.9 Å². The third-order valence-corrected chi connectivity index (χ3v) is 7.15. The smallest absolute Gasteiger partial charge is 0.355 e. The fourth-order valence-electron chi connectivity index (χ4n) is 3.81. The Morgan fingerprint density at radius 3 is 2.68 bits per heavy atom. The Morgan fingerprint density at radius 1 is 1.24 bits per heavy atom. The van der Waals surface area contributed by atoms with E-state index in [0.29, 0.717) is 27.7 Å². The molecule has 0 aromatic heterocycles. The summed E-state index contributed by atoms with van der Waals surface area (Å²) in [5.41, 5.74) is 2.32. The normalized spacial score (nSPS) is 19.1. The number of hydrogen-bond acceptors (Lipinski definition) is 6. The van der Waals surface area contributed by atoms with Gasteiger partial charge in [-0.3, -0.25) is 14.5 Å². The number of fused-ring (bicyclic) bond motifs is 1. The molecule has 2 amide bonds. The minimum absolute atomic E-state index is 0.0203. The molecule has 0 spiro atoms. The van der Waals surface area contributed by atoms with Crippen LogP contribution in [-0.2, 0) is 32.1 Å². The van der Waals surface area contributed by atoms with Crippen molar-refractivity contribution in [2.45, 2.75) is 24.4 Å². The van der Waals surface area contributed by atoms with E-state index in [1.54, 1.807) is 24.3 Å². The number of carbonyl (C=O) groups is 3. The molecular weight excluding hydrogens is 476 g/mol. The minimum atomic E-state index is -0.698. The average Bonchev–Trinajstić information content (AvgIpc) is 2.85. The molecule has 1 fully saturated rings. The van der Waals surface area contributed by atoms with Gasteiger partial charge in [0.15, 0.2) is 0 Å². The zero-order valence-electron chi connectivity index (χ0n) is 18.5. The molecule has 0 aliphatic carbocycles. The van der Waals surface area contributed by atoms with Crippen molar-refractivity contribution in [1.29, 1.82) is 0 Å². The first kappa shape index (κ1) is 23.9. The monoisotopic (exact) mass is 498 g/mol. The van der Waals surface area contributed by atoms with Crippen LogP contribution in [0.3, 0.4) is 0 Å². The van der Waals surface area contributed by atoms with Gasteiger partial charge in [-0.25, -0.2) is 4.79 Å². The van der Waals surface area contributed by atoms with E-state index in [2.05, 4.69) is 11.9 Å². The van der Waals surface area contributed by atoms with Crippen LogP contribution in [-0.4, -0.2) is 47.0 Å². The number of nitrogens with zero attached hydrogens (tertiary/aromatic N) is 1. The minimum Gasteiger partial charge on any atom is -0.495 e. The van der Waals surface area contributed by atoms with Crippen LogP contribution >= 0.6 is 23.4 Å². The van der Waals surface area contributed by atoms with Crippen molar-refractivity contribution in [3.8, 4) is 5.75 Å². The summed E-state index contributed by atoms with van der Waals surface area (Å²) in [6, 6.07) is 13.7. The van der Waals surface area contributed by atoms with Gasteiger partial charge in [-0.1, -0.05) is 60.7 Å². The highest BCUT2D eigenvalue weighted by molar-refractivity contribution is 8.00. The summed E-state index contributed by atoms with van der Waals surface area (Å²) in [6.45, 7) is 3.75. The Bertz CT molecular complexity index is 1170. The van der Waals surface area contributed by atoms with Gasteiger partial charge in [0.25, 0.3) is 5.91 Å². The van der Waals surface area contributed by atoms with E-state index >= 15 is 0 Å². The molecule has 1 N–H and O–H groups in total. The van der Waals surface area contributed by atoms with E-state index in [1.807, 2.05) is 30.3 Å². The van der Waals surface area contributed by atoms with Gasteiger partial charge < -0.3 is 14.8 Å². The Hall–Kier alpha value is -3.23. The number of hydrogen-bond donors (Lipinski definition) is 1. The van der Waals surface area contributed by atoms with Gasteiger partial charge in [0.2, 0.25) is 5.91 Å². The van der Waals surface area contributed by atoms with E-state index in [9.17, 15) is 14.4 Å². The second kappa shape index (κ2) is 10.4. The maximum absolute atomic E-state index is 13.0. The Kier molecular flexibility index (Phi) is 7.29. The zero-order valence-corrected chi connectivity index (χ0v) is 20.0. The largest absolute Gasteiger partial charge is 0.495 e. The number of β-lactam (4-membered cyclic amide) rings is 1. The molecule has 2 atom stereocenters. The van der Waals surface area contributed by atoms with Crippen LogP contribution in [0.2, 0.25) is 5.02 Å². The molecular formula is C25H23ClN2O5S. The van der Waals surface area contributed by atoms with Crippen LogP contribution in [0, 0.1) is 0 Å². The van der Waals surface area contributed by atoms with Crippen LogP contribution < -0.4 is 10.1 Å². The van der Waals surface area contributed by atoms with Crippen LogP contribution in [0.5, 0.6) is 5.75 Å². The topological polar surface area (TPSA) is 84.9 Å². The highest BCUT2D eigenvalue weighted by atomic mass is 35.5. The molecule has 0 bridgehead atoms. The van der Waals surface area contributed by atoms with Crippen molar-refractivity contribution in [2.75, 3.05) is 12.9 Å². The number of benzene rings is 2. The van der Waals surface area contributed by atoms with Crippen molar-refractivity contribution in [3.63, 3.8) is 0 Å². The van der Waals surface area contributed by atoms with Crippen molar-refractivity contribution >= 4 is 41.1 Å². The summed E-state index contributed by atoms with van der Waals surface area (Å²) in [5.74, 6) is -0.232. The zero-order chi connectivity index (χ0) is 24.2. The third kappa shape index (κ3) is 4.83. The standard InChI is InChI=1S/C25H23ClN2O5S/c1-3-17-14-34-24-21(27-20(29)12-15-7-5-4-6-8-15)23(30)28(24)22(17)25(31)33-13-16-9-10-19(32-2)18(26)11-16/h3-11,21,24H,1,12-14H2,2H3,(H,27,29)/t21-,24-/m1/s1. The lowest BCUT2D eigenvalue weighted by Gasteiger charge is -2.49. The molecule has 4 rings (SSSR count). The lowest BCUT2D eigenvalue weighted by molar-refractivity contribution is -0.153. The number of ether oxygens (including phenoxy) is 2. The van der Waals surface area contributed by atoms with E-state index in [4.69, 9.17) is 21.1 Å². The Balaban J connectivity index is 1.42. The molecule has 34 heavy (non-hydrogen) atoms. The van der Waals surface area contributed by atoms with E-state index < -0.39 is 12.0 Å². The Labute approximate surface area is 206 Å². The third-order valence-electron chi connectivity index (χ3n) is 5.55. The van der Waals surface area contributed by atoms with Gasteiger partial charge in [0.1, 0.15) is 29.5 Å². The van der Waals surface area contributed by atoms with Crippen molar-refractivity contribution in [1.82, 2.24) is 10.2 Å². The highest BCUT2D eigenvalue weighted by Gasteiger charge is 2.54. The first-order valence-corrected chi connectivity index (χ1v) is 12.0. The van der Waals surface area contributed by atoms with Crippen LogP contribution in [0.25, 0.3) is 0 Å². The number of allylic oxidation sites excluding steroid dienone is 1. The Morgan fingerprint density at radius 2 is 2.00 bits per heavy atom. The molecule has 0 unspecified atom stereocenters. The number of rotatable bonds is 8. The fraction of sp³-hybridized carbons (Fsp3) is 0.240. The number of nitrogens with one attached hydrogen (secondary N) is 1. The van der Waals surface area contributed by atoms with Gasteiger partial charge in [0.05, 0.1) is 18.6 Å². The summed E-state index contributed by atoms with van der Waals surface area (Å²) in [5, 5.41) is 2.83. The first-order valence-electron chi connectivity index (χ1n) is 10.6. The number of carbonyl (C=O) groups excluding carboxylic acids is 3. The lowest BCUT2D eigenvalue weighted by atomic mass is 10.0. The molecule has 2 aliphatic heterocycles. The number of methoxy groups -OCH3 is 1. The van der Waals surface area contributed by atoms with Crippen molar-refractivity contribution in [3.05, 3.63) is 88.6 Å². The summed E-state index contributed by atoms with van der Waals surface area (Å²) in [4.78, 5) is 39.8. The molecule has 1 saturated heterocycles. The molecule has 9 heteroatoms. The molecule has 0 radical (unpaired) electrons. The number of amides is 2.